The number of nitrogens with two attached hydrogens (primary N) is 1. The van der Waals surface area contributed by atoms with Crippen molar-refractivity contribution in [3.8, 4) is 5.75 Å². The van der Waals surface area contributed by atoms with E-state index in [1.807, 2.05) is 30.3 Å². The van der Waals surface area contributed by atoms with E-state index in [9.17, 15) is 5.11 Å². The van der Waals surface area contributed by atoms with E-state index in [0.29, 0.717) is 6.42 Å². The second kappa shape index (κ2) is 6.22. The number of rotatable bonds is 6. The average molecular weight is 207 g/mol. The first-order valence-electron chi connectivity index (χ1n) is 4.96. The van der Waals surface area contributed by atoms with Crippen molar-refractivity contribution in [1.82, 2.24) is 0 Å². The molecule has 1 aromatic rings. The van der Waals surface area contributed by atoms with E-state index in [1.54, 1.807) is 6.08 Å². The van der Waals surface area contributed by atoms with Gasteiger partial charge < -0.3 is 15.6 Å². The van der Waals surface area contributed by atoms with Crippen LogP contribution in [0, 0.1) is 0 Å². The van der Waals surface area contributed by atoms with Crippen LogP contribution in [0.5, 0.6) is 5.75 Å². The van der Waals surface area contributed by atoms with Gasteiger partial charge in [-0.05, 0) is 18.6 Å². The van der Waals surface area contributed by atoms with Crippen LogP contribution in [0.3, 0.4) is 0 Å². The zero-order valence-electron chi connectivity index (χ0n) is 8.67. The summed E-state index contributed by atoms with van der Waals surface area (Å²) in [6, 6.07) is 9.20. The van der Waals surface area contributed by atoms with Gasteiger partial charge in [0.05, 0.1) is 6.10 Å². The smallest absolute Gasteiger partial charge is 0.119 e. The molecule has 2 unspecified atom stereocenters. The fraction of sp³-hybridized carbons (Fsp3) is 0.333. The molecule has 0 radical (unpaired) electrons. The van der Waals surface area contributed by atoms with Gasteiger partial charge in [0.25, 0.3) is 0 Å². The van der Waals surface area contributed by atoms with E-state index in [2.05, 4.69) is 6.58 Å². The average Bonchev–Trinajstić information content (AvgIpc) is 2.27. The molecule has 3 heteroatoms. The summed E-state index contributed by atoms with van der Waals surface area (Å²) in [5.41, 5.74) is 5.61. The number of aliphatic hydroxyl groups excluding tert-OH is 1. The molecule has 0 amide bonds. The maximum atomic E-state index is 9.56. The van der Waals surface area contributed by atoms with Crippen LogP contribution in [-0.4, -0.2) is 23.9 Å². The molecule has 0 bridgehead atoms. The summed E-state index contributed by atoms with van der Waals surface area (Å²) in [6.07, 6.45) is 1.53. The zero-order valence-corrected chi connectivity index (χ0v) is 8.67. The summed E-state index contributed by atoms with van der Waals surface area (Å²) >= 11 is 0. The van der Waals surface area contributed by atoms with Crippen molar-refractivity contribution < 1.29 is 9.84 Å². The highest BCUT2D eigenvalue weighted by Crippen LogP contribution is 2.09. The van der Waals surface area contributed by atoms with Crippen LogP contribution >= 0.6 is 0 Å². The van der Waals surface area contributed by atoms with Crippen molar-refractivity contribution in [2.75, 3.05) is 6.61 Å². The largest absolute Gasteiger partial charge is 0.491 e. The quantitative estimate of drug-likeness (QED) is 0.692. The number of ether oxygens (including phenoxy) is 1. The van der Waals surface area contributed by atoms with Gasteiger partial charge in [0.1, 0.15) is 12.4 Å². The van der Waals surface area contributed by atoms with Crippen LogP contribution < -0.4 is 10.5 Å². The van der Waals surface area contributed by atoms with Crippen molar-refractivity contribution in [3.63, 3.8) is 0 Å². The molecule has 0 saturated heterocycles. The second-order valence-corrected chi connectivity index (χ2v) is 3.41. The summed E-state index contributed by atoms with van der Waals surface area (Å²) in [5, 5.41) is 9.56. The van der Waals surface area contributed by atoms with Gasteiger partial charge in [-0.2, -0.15) is 0 Å². The second-order valence-electron chi connectivity index (χ2n) is 3.41. The fourth-order valence-corrected chi connectivity index (χ4v) is 1.19. The molecule has 3 nitrogen and oxygen atoms in total. The van der Waals surface area contributed by atoms with Crippen LogP contribution in [0.1, 0.15) is 6.42 Å². The summed E-state index contributed by atoms with van der Waals surface area (Å²) in [6.45, 7) is 3.81. The Morgan fingerprint density at radius 2 is 2.07 bits per heavy atom. The number of hydrogen-bond acceptors (Lipinski definition) is 3. The lowest BCUT2D eigenvalue weighted by Crippen LogP contribution is -2.27. The highest BCUT2D eigenvalue weighted by molar-refractivity contribution is 5.20. The predicted molar refractivity (Wildman–Crippen MR) is 60.7 cm³/mol. The molecule has 0 aromatic heterocycles. The summed E-state index contributed by atoms with van der Waals surface area (Å²) in [4.78, 5) is 0. The molecule has 0 saturated carbocycles. The number of hydrogen-bond donors (Lipinski definition) is 2. The Bertz CT molecular complexity index is 287. The van der Waals surface area contributed by atoms with Gasteiger partial charge in [0, 0.05) is 6.04 Å². The summed E-state index contributed by atoms with van der Waals surface area (Å²) in [5.74, 6) is 0.753. The molecule has 82 valence electrons. The Kier molecular flexibility index (Phi) is 4.87. The van der Waals surface area contributed by atoms with Gasteiger partial charge in [0.2, 0.25) is 0 Å². The van der Waals surface area contributed by atoms with E-state index in [4.69, 9.17) is 10.5 Å². The van der Waals surface area contributed by atoms with Crippen molar-refractivity contribution >= 4 is 0 Å². The van der Waals surface area contributed by atoms with E-state index < -0.39 is 6.10 Å². The molecule has 0 aliphatic rings. The molecule has 0 spiro atoms. The van der Waals surface area contributed by atoms with Crippen molar-refractivity contribution in [2.24, 2.45) is 5.73 Å². The van der Waals surface area contributed by atoms with Crippen LogP contribution in [-0.2, 0) is 0 Å². The fourth-order valence-electron chi connectivity index (χ4n) is 1.19. The Morgan fingerprint density at radius 1 is 1.40 bits per heavy atom. The Balaban J connectivity index is 2.28. The molecular weight excluding hydrogens is 190 g/mol. The molecule has 0 heterocycles. The van der Waals surface area contributed by atoms with E-state index in [1.165, 1.54) is 0 Å². The Labute approximate surface area is 90.2 Å². The van der Waals surface area contributed by atoms with Gasteiger partial charge >= 0.3 is 0 Å². The van der Waals surface area contributed by atoms with Gasteiger partial charge in [0.15, 0.2) is 0 Å². The minimum atomic E-state index is -0.557. The topological polar surface area (TPSA) is 55.5 Å². The first-order chi connectivity index (χ1) is 7.22. The van der Waals surface area contributed by atoms with Crippen molar-refractivity contribution in [1.29, 1.82) is 0 Å². The first-order valence-corrected chi connectivity index (χ1v) is 4.96. The summed E-state index contributed by atoms with van der Waals surface area (Å²) in [7, 11) is 0. The molecule has 15 heavy (non-hydrogen) atoms. The molecule has 2 atom stereocenters. The van der Waals surface area contributed by atoms with E-state index in [0.717, 1.165) is 5.75 Å². The predicted octanol–water partition coefficient (Wildman–Crippen LogP) is 1.33. The molecule has 0 aliphatic heterocycles. The molecule has 3 N–H and O–H groups in total. The third-order valence-corrected chi connectivity index (χ3v) is 2.03. The maximum absolute atomic E-state index is 9.56. The lowest BCUT2D eigenvalue weighted by molar-refractivity contribution is 0.0974. The van der Waals surface area contributed by atoms with Gasteiger partial charge in [-0.1, -0.05) is 24.3 Å². The van der Waals surface area contributed by atoms with Crippen LogP contribution in [0.2, 0.25) is 0 Å². The highest BCUT2D eigenvalue weighted by Gasteiger charge is 2.08. The number of para-hydroxylation sites is 1. The van der Waals surface area contributed by atoms with Gasteiger partial charge in [-0.25, -0.2) is 0 Å². The normalized spacial score (nSPS) is 14.3. The van der Waals surface area contributed by atoms with Crippen LogP contribution in [0.25, 0.3) is 0 Å². The monoisotopic (exact) mass is 207 g/mol. The standard InChI is InChI=1S/C12H17NO2/c1-2-10(13)8-11(14)9-15-12-6-4-3-5-7-12/h2-7,10-11,14H,1,8-9,13H2. The van der Waals surface area contributed by atoms with Crippen molar-refractivity contribution in [2.45, 2.75) is 18.6 Å². The third kappa shape index (κ3) is 4.63. The van der Waals surface area contributed by atoms with Crippen LogP contribution in [0.4, 0.5) is 0 Å². The number of aliphatic hydroxyl groups is 1. The van der Waals surface area contributed by atoms with Crippen LogP contribution in [0.15, 0.2) is 43.0 Å². The number of benzene rings is 1. The SMILES string of the molecule is C=CC(N)CC(O)COc1ccccc1. The van der Waals surface area contributed by atoms with Gasteiger partial charge in [-0.15, -0.1) is 6.58 Å². The zero-order chi connectivity index (χ0) is 11.1. The Morgan fingerprint density at radius 3 is 2.67 bits per heavy atom. The van der Waals surface area contributed by atoms with Crippen molar-refractivity contribution in [3.05, 3.63) is 43.0 Å². The maximum Gasteiger partial charge on any atom is 0.119 e. The molecule has 1 rings (SSSR count). The third-order valence-electron chi connectivity index (χ3n) is 2.03. The molecule has 0 fully saturated rings. The Hall–Kier alpha value is -1.32. The minimum absolute atomic E-state index is 0.181. The first kappa shape index (κ1) is 11.8. The molecular formula is C12H17NO2. The summed E-state index contributed by atoms with van der Waals surface area (Å²) < 4.78 is 5.37. The van der Waals surface area contributed by atoms with Gasteiger partial charge in [-0.3, -0.25) is 0 Å². The highest BCUT2D eigenvalue weighted by atomic mass is 16.5. The van der Waals surface area contributed by atoms with E-state index in [-0.39, 0.29) is 12.6 Å². The lowest BCUT2D eigenvalue weighted by Gasteiger charge is -2.14. The minimum Gasteiger partial charge on any atom is -0.491 e. The molecule has 0 aliphatic carbocycles. The van der Waals surface area contributed by atoms with E-state index >= 15 is 0 Å². The molecule has 1 aromatic carbocycles. The lowest BCUT2D eigenvalue weighted by atomic mass is 10.1.